The first-order valence-corrected chi connectivity index (χ1v) is 9.62. The lowest BCUT2D eigenvalue weighted by Crippen LogP contribution is -2.32. The van der Waals surface area contributed by atoms with Crippen molar-refractivity contribution < 1.29 is 13.2 Å². The average Bonchev–Trinajstić information content (AvgIpc) is 2.94. The Morgan fingerprint density at radius 1 is 1.22 bits per heavy atom. The van der Waals surface area contributed by atoms with Crippen LogP contribution in [0.25, 0.3) is 0 Å². The van der Waals surface area contributed by atoms with Crippen LogP contribution in [0.4, 0.5) is 5.69 Å². The minimum absolute atomic E-state index is 0.0205. The third-order valence-corrected chi connectivity index (χ3v) is 6.24. The van der Waals surface area contributed by atoms with E-state index in [4.69, 9.17) is 0 Å². The van der Waals surface area contributed by atoms with E-state index >= 15 is 0 Å². The van der Waals surface area contributed by atoms with Crippen molar-refractivity contribution in [2.24, 2.45) is 0 Å². The summed E-state index contributed by atoms with van der Waals surface area (Å²) in [7, 11) is -3.69. The Balaban J connectivity index is 2.29. The van der Waals surface area contributed by atoms with Gasteiger partial charge < -0.3 is 5.32 Å². The van der Waals surface area contributed by atoms with Crippen LogP contribution >= 0.6 is 11.3 Å². The van der Waals surface area contributed by atoms with Crippen LogP contribution in [0.1, 0.15) is 35.5 Å². The van der Waals surface area contributed by atoms with Gasteiger partial charge in [-0.3, -0.25) is 9.52 Å². The Morgan fingerprint density at radius 3 is 2.52 bits per heavy atom. The highest BCUT2D eigenvalue weighted by atomic mass is 32.2. The van der Waals surface area contributed by atoms with Crippen molar-refractivity contribution in [2.45, 2.75) is 37.4 Å². The van der Waals surface area contributed by atoms with Crippen molar-refractivity contribution in [3.63, 3.8) is 0 Å². The molecule has 1 heterocycles. The van der Waals surface area contributed by atoms with Gasteiger partial charge >= 0.3 is 0 Å². The Morgan fingerprint density at radius 2 is 1.91 bits per heavy atom. The standard InChI is InChI=1S/C16H20N2O3S2/c1-4-11(2)17-16(19)13-7-5-6-8-14(13)18-23(20,21)15-10-9-12(3)22-15/h5-11,18H,4H2,1-3H3,(H,17,19)/t11-/m1/s1. The number of carbonyl (C=O) groups is 1. The van der Waals surface area contributed by atoms with Gasteiger partial charge in [-0.15, -0.1) is 11.3 Å². The molecule has 0 aliphatic heterocycles. The number of anilines is 1. The van der Waals surface area contributed by atoms with Gasteiger partial charge in [-0.25, -0.2) is 8.42 Å². The smallest absolute Gasteiger partial charge is 0.271 e. The Kier molecular flexibility index (Phi) is 5.43. The zero-order chi connectivity index (χ0) is 17.0. The molecule has 5 nitrogen and oxygen atoms in total. The molecule has 0 fully saturated rings. The predicted molar refractivity (Wildman–Crippen MR) is 93.5 cm³/mol. The minimum Gasteiger partial charge on any atom is -0.350 e. The highest BCUT2D eigenvalue weighted by molar-refractivity contribution is 7.94. The number of hydrogen-bond donors (Lipinski definition) is 2. The zero-order valence-corrected chi connectivity index (χ0v) is 14.9. The molecule has 0 spiro atoms. The SMILES string of the molecule is CC[C@@H](C)NC(=O)c1ccccc1NS(=O)(=O)c1ccc(C)s1. The van der Waals surface area contributed by atoms with Crippen molar-refractivity contribution >= 4 is 33.0 Å². The van der Waals surface area contributed by atoms with Crippen LogP contribution < -0.4 is 10.0 Å². The summed E-state index contributed by atoms with van der Waals surface area (Å²) < 4.78 is 27.6. The molecule has 1 atom stereocenters. The molecule has 1 aromatic heterocycles. The normalized spacial score (nSPS) is 12.7. The number of sulfonamides is 1. The summed E-state index contributed by atoms with van der Waals surface area (Å²) in [6.45, 7) is 5.72. The molecule has 1 amide bonds. The van der Waals surface area contributed by atoms with Gasteiger partial charge in [0.15, 0.2) is 0 Å². The molecule has 0 radical (unpaired) electrons. The number of thiophene rings is 1. The van der Waals surface area contributed by atoms with E-state index in [0.717, 1.165) is 11.3 Å². The van der Waals surface area contributed by atoms with Crippen LogP contribution in [0, 0.1) is 6.92 Å². The van der Waals surface area contributed by atoms with E-state index in [0.29, 0.717) is 5.56 Å². The number of benzene rings is 1. The molecule has 0 bridgehead atoms. The number of hydrogen-bond acceptors (Lipinski definition) is 4. The summed E-state index contributed by atoms with van der Waals surface area (Å²) in [4.78, 5) is 13.2. The number of carbonyl (C=O) groups excluding carboxylic acids is 1. The summed E-state index contributed by atoms with van der Waals surface area (Å²) in [5.41, 5.74) is 0.587. The lowest BCUT2D eigenvalue weighted by Gasteiger charge is -2.15. The summed E-state index contributed by atoms with van der Waals surface area (Å²) >= 11 is 1.19. The summed E-state index contributed by atoms with van der Waals surface area (Å²) in [5, 5.41) is 2.84. The van der Waals surface area contributed by atoms with Crippen LogP contribution in [0.2, 0.25) is 0 Å². The molecule has 2 N–H and O–H groups in total. The second kappa shape index (κ2) is 7.14. The van der Waals surface area contributed by atoms with Crippen LogP contribution in [-0.4, -0.2) is 20.4 Å². The van der Waals surface area contributed by atoms with E-state index < -0.39 is 10.0 Å². The molecule has 124 valence electrons. The topological polar surface area (TPSA) is 75.3 Å². The van der Waals surface area contributed by atoms with Crippen molar-refractivity contribution in [3.05, 3.63) is 46.8 Å². The second-order valence-electron chi connectivity index (χ2n) is 5.30. The molecule has 0 saturated heterocycles. The highest BCUT2D eigenvalue weighted by Crippen LogP contribution is 2.25. The lowest BCUT2D eigenvalue weighted by molar-refractivity contribution is 0.0940. The first-order valence-electron chi connectivity index (χ1n) is 7.32. The molecule has 23 heavy (non-hydrogen) atoms. The van der Waals surface area contributed by atoms with Crippen molar-refractivity contribution in [2.75, 3.05) is 4.72 Å². The second-order valence-corrected chi connectivity index (χ2v) is 8.50. The predicted octanol–water partition coefficient (Wildman–Crippen LogP) is 3.39. The van der Waals surface area contributed by atoms with Crippen LogP contribution in [0.3, 0.4) is 0 Å². The number of para-hydroxylation sites is 1. The summed E-state index contributed by atoms with van der Waals surface area (Å²) in [6.07, 6.45) is 0.800. The summed E-state index contributed by atoms with van der Waals surface area (Å²) in [5.74, 6) is -0.292. The number of amides is 1. The van der Waals surface area contributed by atoms with E-state index in [1.807, 2.05) is 20.8 Å². The zero-order valence-electron chi connectivity index (χ0n) is 13.3. The molecule has 0 saturated carbocycles. The van der Waals surface area contributed by atoms with Crippen LogP contribution in [-0.2, 0) is 10.0 Å². The van der Waals surface area contributed by atoms with Crippen molar-refractivity contribution in [1.82, 2.24) is 5.32 Å². The van der Waals surface area contributed by atoms with Gasteiger partial charge in [0.25, 0.3) is 15.9 Å². The van der Waals surface area contributed by atoms with Crippen molar-refractivity contribution in [1.29, 1.82) is 0 Å². The monoisotopic (exact) mass is 352 g/mol. The Hall–Kier alpha value is -1.86. The van der Waals surface area contributed by atoms with Gasteiger partial charge in [0.05, 0.1) is 11.3 Å². The number of nitrogens with one attached hydrogen (secondary N) is 2. The average molecular weight is 352 g/mol. The molecule has 2 aromatic rings. The van der Waals surface area contributed by atoms with E-state index in [-0.39, 0.29) is 21.8 Å². The minimum atomic E-state index is -3.69. The molecular formula is C16H20N2O3S2. The molecule has 0 aliphatic carbocycles. The van der Waals surface area contributed by atoms with Gasteiger partial charge in [0.1, 0.15) is 4.21 Å². The van der Waals surface area contributed by atoms with Gasteiger partial charge in [0.2, 0.25) is 0 Å². The molecule has 1 aromatic carbocycles. The van der Waals surface area contributed by atoms with E-state index in [9.17, 15) is 13.2 Å². The van der Waals surface area contributed by atoms with Crippen LogP contribution in [0.5, 0.6) is 0 Å². The molecular weight excluding hydrogens is 332 g/mol. The third kappa shape index (κ3) is 4.33. The largest absolute Gasteiger partial charge is 0.350 e. The number of aryl methyl sites for hydroxylation is 1. The van der Waals surface area contributed by atoms with E-state index in [1.165, 1.54) is 11.3 Å². The molecule has 7 heteroatoms. The van der Waals surface area contributed by atoms with Crippen LogP contribution in [0.15, 0.2) is 40.6 Å². The van der Waals surface area contributed by atoms with E-state index in [1.54, 1.807) is 36.4 Å². The molecule has 2 rings (SSSR count). The highest BCUT2D eigenvalue weighted by Gasteiger charge is 2.20. The third-order valence-electron chi connectivity index (χ3n) is 3.39. The van der Waals surface area contributed by atoms with Gasteiger partial charge in [-0.1, -0.05) is 19.1 Å². The maximum atomic E-state index is 12.4. The maximum Gasteiger partial charge on any atom is 0.271 e. The first-order chi connectivity index (χ1) is 10.8. The fourth-order valence-corrected chi connectivity index (χ4v) is 4.29. The number of rotatable bonds is 6. The quantitative estimate of drug-likeness (QED) is 0.837. The fourth-order valence-electron chi connectivity index (χ4n) is 1.93. The first kappa shape index (κ1) is 17.5. The van der Waals surface area contributed by atoms with Crippen molar-refractivity contribution in [3.8, 4) is 0 Å². The van der Waals surface area contributed by atoms with Gasteiger partial charge in [-0.05, 0) is 44.5 Å². The van der Waals surface area contributed by atoms with Gasteiger partial charge in [0, 0.05) is 10.9 Å². The lowest BCUT2D eigenvalue weighted by atomic mass is 10.1. The molecule has 0 unspecified atom stereocenters. The molecule has 0 aliphatic rings. The Labute approximate surface area is 140 Å². The van der Waals surface area contributed by atoms with E-state index in [2.05, 4.69) is 10.0 Å². The van der Waals surface area contributed by atoms with Gasteiger partial charge in [-0.2, -0.15) is 0 Å². The maximum absolute atomic E-state index is 12.4. The Bertz CT molecular complexity index is 797. The summed E-state index contributed by atoms with van der Waals surface area (Å²) in [6, 6.07) is 9.92. The fraction of sp³-hybridized carbons (Fsp3) is 0.312.